The number of amides is 2. The molecule has 2 aromatic carbocycles. The molecule has 2 rings (SSSR count). The van der Waals surface area contributed by atoms with Crippen LogP contribution in [-0.2, 0) is 0 Å². The third-order valence-electron chi connectivity index (χ3n) is 2.90. The second kappa shape index (κ2) is 7.20. The number of aliphatic hydroxyl groups is 1. The van der Waals surface area contributed by atoms with Crippen LogP contribution in [0.1, 0.15) is 11.6 Å². The Morgan fingerprint density at radius 2 is 2.00 bits per heavy atom. The third kappa shape index (κ3) is 4.16. The first-order valence-corrected chi connectivity index (χ1v) is 6.76. The summed E-state index contributed by atoms with van der Waals surface area (Å²) >= 11 is 5.79. The summed E-state index contributed by atoms with van der Waals surface area (Å²) in [5.41, 5.74) is 0.296. The second-order valence-electron chi connectivity index (χ2n) is 4.51. The Morgan fingerprint density at radius 3 is 2.68 bits per heavy atom. The molecule has 0 spiro atoms. The van der Waals surface area contributed by atoms with E-state index in [4.69, 9.17) is 11.6 Å². The Kier molecular flexibility index (Phi) is 5.30. The number of aliphatic hydroxyl groups excluding tert-OH is 1. The molecule has 0 saturated carbocycles. The van der Waals surface area contributed by atoms with Crippen molar-refractivity contribution in [3.8, 4) is 0 Å². The van der Waals surface area contributed by atoms with Gasteiger partial charge in [-0.2, -0.15) is 0 Å². The van der Waals surface area contributed by atoms with E-state index in [9.17, 15) is 18.7 Å². The lowest BCUT2D eigenvalue weighted by molar-refractivity contribution is 0.223. The van der Waals surface area contributed by atoms with E-state index in [2.05, 4.69) is 10.6 Å². The van der Waals surface area contributed by atoms with Gasteiger partial charge >= 0.3 is 6.03 Å². The van der Waals surface area contributed by atoms with Gasteiger partial charge in [0.05, 0.1) is 12.6 Å². The van der Waals surface area contributed by atoms with E-state index < -0.39 is 30.3 Å². The Morgan fingerprint density at radius 1 is 1.23 bits per heavy atom. The van der Waals surface area contributed by atoms with Gasteiger partial charge < -0.3 is 15.7 Å². The first-order chi connectivity index (χ1) is 10.5. The Balaban J connectivity index is 2.09. The van der Waals surface area contributed by atoms with Crippen LogP contribution in [0.15, 0.2) is 42.5 Å². The highest BCUT2D eigenvalue weighted by atomic mass is 35.5. The molecule has 7 heteroatoms. The Bertz CT molecular complexity index is 682. The Hall–Kier alpha value is -2.18. The molecule has 3 N–H and O–H groups in total. The van der Waals surface area contributed by atoms with E-state index >= 15 is 0 Å². The number of nitrogens with one attached hydrogen (secondary N) is 2. The maximum Gasteiger partial charge on any atom is 0.319 e. The highest BCUT2D eigenvalue weighted by Gasteiger charge is 2.18. The molecule has 0 heterocycles. The maximum absolute atomic E-state index is 13.7. The van der Waals surface area contributed by atoms with Gasteiger partial charge in [0.15, 0.2) is 0 Å². The van der Waals surface area contributed by atoms with Crippen LogP contribution in [0.5, 0.6) is 0 Å². The average Bonchev–Trinajstić information content (AvgIpc) is 2.47. The molecule has 0 aliphatic carbocycles. The molecule has 1 atom stereocenters. The first kappa shape index (κ1) is 16.2. The maximum atomic E-state index is 13.7. The number of hydrogen-bond donors (Lipinski definition) is 3. The van der Waals surface area contributed by atoms with Crippen molar-refractivity contribution >= 4 is 23.3 Å². The molecule has 0 aromatic heterocycles. The molecule has 0 aliphatic rings. The quantitative estimate of drug-likeness (QED) is 0.805. The SMILES string of the molecule is O=C(Nc1cccc(Cl)c1)NC(CO)c1cc(F)ccc1F. The van der Waals surface area contributed by atoms with E-state index in [-0.39, 0.29) is 5.56 Å². The van der Waals surface area contributed by atoms with E-state index in [1.165, 1.54) is 6.07 Å². The predicted octanol–water partition coefficient (Wildman–Crippen LogP) is 3.47. The number of anilines is 1. The minimum absolute atomic E-state index is 0.135. The minimum atomic E-state index is -1.07. The first-order valence-electron chi connectivity index (χ1n) is 6.38. The summed E-state index contributed by atoms with van der Waals surface area (Å²) in [7, 11) is 0. The zero-order valence-electron chi connectivity index (χ0n) is 11.3. The number of urea groups is 1. The summed E-state index contributed by atoms with van der Waals surface area (Å²) in [6.45, 7) is -0.580. The molecule has 0 radical (unpaired) electrons. The van der Waals surface area contributed by atoms with Gasteiger partial charge in [-0.25, -0.2) is 13.6 Å². The summed E-state index contributed by atoms with van der Waals surface area (Å²) in [5.74, 6) is -1.38. The number of rotatable bonds is 4. The number of carbonyl (C=O) groups excluding carboxylic acids is 1. The van der Waals surface area contributed by atoms with Crippen LogP contribution in [-0.4, -0.2) is 17.7 Å². The van der Waals surface area contributed by atoms with Gasteiger partial charge in [-0.15, -0.1) is 0 Å². The summed E-state index contributed by atoms with van der Waals surface area (Å²) in [6.07, 6.45) is 0. The van der Waals surface area contributed by atoms with Gasteiger partial charge in [-0.05, 0) is 36.4 Å². The fraction of sp³-hybridized carbons (Fsp3) is 0.133. The highest BCUT2D eigenvalue weighted by Crippen LogP contribution is 2.19. The van der Waals surface area contributed by atoms with Crippen molar-refractivity contribution in [2.45, 2.75) is 6.04 Å². The van der Waals surface area contributed by atoms with E-state index in [1.54, 1.807) is 18.2 Å². The molecule has 0 bridgehead atoms. The summed E-state index contributed by atoms with van der Waals surface area (Å²) < 4.78 is 26.9. The number of halogens is 3. The van der Waals surface area contributed by atoms with E-state index in [1.807, 2.05) is 0 Å². The predicted molar refractivity (Wildman–Crippen MR) is 79.8 cm³/mol. The van der Waals surface area contributed by atoms with Crippen molar-refractivity contribution < 1.29 is 18.7 Å². The van der Waals surface area contributed by atoms with Crippen LogP contribution >= 0.6 is 11.6 Å². The van der Waals surface area contributed by atoms with Gasteiger partial charge in [-0.1, -0.05) is 17.7 Å². The molecule has 2 amide bonds. The van der Waals surface area contributed by atoms with E-state index in [0.29, 0.717) is 10.7 Å². The second-order valence-corrected chi connectivity index (χ2v) is 4.95. The molecular formula is C15H13ClF2N2O2. The lowest BCUT2D eigenvalue weighted by Crippen LogP contribution is -2.34. The number of carbonyl (C=O) groups is 1. The molecule has 116 valence electrons. The van der Waals surface area contributed by atoms with Crippen molar-refractivity contribution in [3.63, 3.8) is 0 Å². The van der Waals surface area contributed by atoms with Gasteiger partial charge in [0.25, 0.3) is 0 Å². The molecule has 4 nitrogen and oxygen atoms in total. The van der Waals surface area contributed by atoms with Crippen LogP contribution in [0.2, 0.25) is 5.02 Å². The van der Waals surface area contributed by atoms with Crippen molar-refractivity contribution in [1.82, 2.24) is 5.32 Å². The van der Waals surface area contributed by atoms with Crippen LogP contribution in [0.25, 0.3) is 0 Å². The fourth-order valence-corrected chi connectivity index (χ4v) is 2.09. The monoisotopic (exact) mass is 326 g/mol. The van der Waals surface area contributed by atoms with Crippen molar-refractivity contribution in [1.29, 1.82) is 0 Å². The minimum Gasteiger partial charge on any atom is -0.394 e. The molecular weight excluding hydrogens is 314 g/mol. The van der Waals surface area contributed by atoms with Crippen LogP contribution in [0.4, 0.5) is 19.3 Å². The van der Waals surface area contributed by atoms with Gasteiger partial charge in [0.2, 0.25) is 0 Å². The van der Waals surface area contributed by atoms with Gasteiger partial charge in [0, 0.05) is 16.3 Å². The van der Waals surface area contributed by atoms with Crippen LogP contribution in [0, 0.1) is 11.6 Å². The smallest absolute Gasteiger partial charge is 0.319 e. The molecule has 1 unspecified atom stereocenters. The topological polar surface area (TPSA) is 61.4 Å². The summed E-state index contributed by atoms with van der Waals surface area (Å²) in [6, 6.07) is 7.50. The number of hydrogen-bond acceptors (Lipinski definition) is 2. The summed E-state index contributed by atoms with van der Waals surface area (Å²) in [5, 5.41) is 14.6. The molecule has 22 heavy (non-hydrogen) atoms. The summed E-state index contributed by atoms with van der Waals surface area (Å²) in [4.78, 5) is 11.9. The van der Waals surface area contributed by atoms with Crippen molar-refractivity contribution in [2.24, 2.45) is 0 Å². The standard InChI is InChI=1S/C15H13ClF2N2O2/c16-9-2-1-3-11(6-9)19-15(22)20-14(8-21)12-7-10(17)4-5-13(12)18/h1-7,14,21H,8H2,(H2,19,20,22). The zero-order valence-corrected chi connectivity index (χ0v) is 12.1. The molecule has 0 fully saturated rings. The van der Waals surface area contributed by atoms with Gasteiger partial charge in [-0.3, -0.25) is 0 Å². The molecule has 0 aliphatic heterocycles. The molecule has 0 saturated heterocycles. The average molecular weight is 327 g/mol. The fourth-order valence-electron chi connectivity index (χ4n) is 1.90. The third-order valence-corrected chi connectivity index (χ3v) is 3.14. The lowest BCUT2D eigenvalue weighted by Gasteiger charge is -2.18. The van der Waals surface area contributed by atoms with E-state index in [0.717, 1.165) is 18.2 Å². The van der Waals surface area contributed by atoms with Crippen molar-refractivity contribution in [3.05, 3.63) is 64.7 Å². The largest absolute Gasteiger partial charge is 0.394 e. The highest BCUT2D eigenvalue weighted by molar-refractivity contribution is 6.30. The van der Waals surface area contributed by atoms with Crippen LogP contribution < -0.4 is 10.6 Å². The van der Waals surface area contributed by atoms with Crippen LogP contribution in [0.3, 0.4) is 0 Å². The zero-order chi connectivity index (χ0) is 16.1. The Labute approximate surface area is 130 Å². The number of benzene rings is 2. The van der Waals surface area contributed by atoms with Crippen molar-refractivity contribution in [2.75, 3.05) is 11.9 Å². The molecule has 2 aromatic rings. The lowest BCUT2D eigenvalue weighted by atomic mass is 10.1. The normalized spacial score (nSPS) is 11.8. The van der Waals surface area contributed by atoms with Gasteiger partial charge in [0.1, 0.15) is 11.6 Å².